The zero-order valence-electron chi connectivity index (χ0n) is 10.4. The van der Waals surface area contributed by atoms with E-state index in [4.69, 9.17) is 23.1 Å². The number of carbonyl (C=O) groups excluding carboxylic acids is 2. The Balaban J connectivity index is 2.26. The molecule has 20 heavy (non-hydrogen) atoms. The van der Waals surface area contributed by atoms with Crippen LogP contribution < -0.4 is 16.8 Å². The van der Waals surface area contributed by atoms with Gasteiger partial charge in [0, 0.05) is 22.0 Å². The Bertz CT molecular complexity index is 669. The van der Waals surface area contributed by atoms with E-state index in [1.54, 1.807) is 24.3 Å². The van der Waals surface area contributed by atoms with Crippen LogP contribution in [0.5, 0.6) is 0 Å². The zero-order chi connectivity index (χ0) is 14.7. The Morgan fingerprint density at radius 3 is 2.30 bits per heavy atom. The van der Waals surface area contributed by atoms with E-state index >= 15 is 0 Å². The van der Waals surface area contributed by atoms with Gasteiger partial charge >= 0.3 is 0 Å². The number of nitrogen functional groups attached to an aromatic ring is 1. The van der Waals surface area contributed by atoms with E-state index in [0.717, 1.165) is 0 Å². The lowest BCUT2D eigenvalue weighted by Gasteiger charge is -2.08. The molecular formula is C14H12ClN3O2. The van der Waals surface area contributed by atoms with Gasteiger partial charge in [-0.2, -0.15) is 0 Å². The molecule has 0 aliphatic carbocycles. The van der Waals surface area contributed by atoms with Crippen LogP contribution in [0.3, 0.4) is 0 Å². The standard InChI is InChI=1S/C14H12ClN3O2/c15-9-2-4-10(5-3-9)18-14(20)11-7-8(13(17)19)1-6-12(11)16/h1-7H,16H2,(H2,17,19)(H,18,20). The highest BCUT2D eigenvalue weighted by Gasteiger charge is 2.12. The monoisotopic (exact) mass is 289 g/mol. The number of nitrogens with two attached hydrogens (primary N) is 2. The van der Waals surface area contributed by atoms with Crippen molar-refractivity contribution in [1.29, 1.82) is 0 Å². The maximum Gasteiger partial charge on any atom is 0.257 e. The van der Waals surface area contributed by atoms with Crippen LogP contribution in [0.15, 0.2) is 42.5 Å². The molecule has 0 aliphatic heterocycles. The summed E-state index contributed by atoms with van der Waals surface area (Å²) < 4.78 is 0. The van der Waals surface area contributed by atoms with Crippen LogP contribution in [0, 0.1) is 0 Å². The maximum atomic E-state index is 12.1. The molecule has 102 valence electrons. The summed E-state index contributed by atoms with van der Waals surface area (Å²) in [5, 5.41) is 3.23. The molecule has 0 saturated carbocycles. The molecule has 0 atom stereocenters. The summed E-state index contributed by atoms with van der Waals surface area (Å²) in [7, 11) is 0. The Kier molecular flexibility index (Phi) is 3.91. The molecule has 0 aromatic heterocycles. The molecule has 2 rings (SSSR count). The van der Waals surface area contributed by atoms with Gasteiger partial charge in [-0.3, -0.25) is 9.59 Å². The molecule has 0 aliphatic rings. The molecule has 0 heterocycles. The van der Waals surface area contributed by atoms with Gasteiger partial charge in [0.15, 0.2) is 0 Å². The van der Waals surface area contributed by atoms with Gasteiger partial charge in [-0.25, -0.2) is 0 Å². The van der Waals surface area contributed by atoms with Crippen molar-refractivity contribution in [1.82, 2.24) is 0 Å². The largest absolute Gasteiger partial charge is 0.398 e. The fourth-order valence-corrected chi connectivity index (χ4v) is 1.76. The highest BCUT2D eigenvalue weighted by Crippen LogP contribution is 2.18. The number of carbonyl (C=O) groups is 2. The van der Waals surface area contributed by atoms with Gasteiger partial charge in [0.2, 0.25) is 5.91 Å². The van der Waals surface area contributed by atoms with Gasteiger partial charge in [0.25, 0.3) is 5.91 Å². The van der Waals surface area contributed by atoms with Crippen molar-refractivity contribution < 1.29 is 9.59 Å². The van der Waals surface area contributed by atoms with Gasteiger partial charge in [-0.05, 0) is 42.5 Å². The maximum absolute atomic E-state index is 12.1. The van der Waals surface area contributed by atoms with E-state index in [1.165, 1.54) is 18.2 Å². The molecule has 0 bridgehead atoms. The number of amides is 2. The number of rotatable bonds is 3. The van der Waals surface area contributed by atoms with Crippen LogP contribution in [0.1, 0.15) is 20.7 Å². The summed E-state index contributed by atoms with van der Waals surface area (Å²) in [5.74, 6) is -1.04. The van der Waals surface area contributed by atoms with Crippen molar-refractivity contribution in [2.45, 2.75) is 0 Å². The third-order valence-electron chi connectivity index (χ3n) is 2.68. The number of hydrogen-bond donors (Lipinski definition) is 3. The minimum absolute atomic E-state index is 0.191. The lowest BCUT2D eigenvalue weighted by Crippen LogP contribution is -2.17. The summed E-state index contributed by atoms with van der Waals surface area (Å²) >= 11 is 5.76. The van der Waals surface area contributed by atoms with Crippen molar-refractivity contribution in [2.24, 2.45) is 5.73 Å². The summed E-state index contributed by atoms with van der Waals surface area (Å²) in [6, 6.07) is 10.9. The number of nitrogens with one attached hydrogen (secondary N) is 1. The second-order valence-electron chi connectivity index (χ2n) is 4.13. The topological polar surface area (TPSA) is 98.2 Å². The Morgan fingerprint density at radius 1 is 1.05 bits per heavy atom. The summed E-state index contributed by atoms with van der Waals surface area (Å²) in [6.07, 6.45) is 0. The first-order chi connectivity index (χ1) is 9.47. The Morgan fingerprint density at radius 2 is 1.70 bits per heavy atom. The number of anilines is 2. The van der Waals surface area contributed by atoms with Crippen molar-refractivity contribution in [3.05, 3.63) is 58.6 Å². The highest BCUT2D eigenvalue weighted by molar-refractivity contribution is 6.30. The van der Waals surface area contributed by atoms with Gasteiger partial charge in [-0.1, -0.05) is 11.6 Å². The summed E-state index contributed by atoms with van der Waals surface area (Å²) in [5.41, 5.74) is 12.2. The van der Waals surface area contributed by atoms with Gasteiger partial charge in [-0.15, -0.1) is 0 Å². The minimum Gasteiger partial charge on any atom is -0.398 e. The number of hydrogen-bond acceptors (Lipinski definition) is 3. The van der Waals surface area contributed by atoms with Crippen LogP contribution in [-0.2, 0) is 0 Å². The van der Waals surface area contributed by atoms with Crippen molar-refractivity contribution in [2.75, 3.05) is 11.1 Å². The average molecular weight is 290 g/mol. The lowest BCUT2D eigenvalue weighted by molar-refractivity contribution is 0.1000. The van der Waals surface area contributed by atoms with Crippen LogP contribution in [-0.4, -0.2) is 11.8 Å². The number of primary amides is 1. The molecule has 2 amide bonds. The number of benzene rings is 2. The van der Waals surface area contributed by atoms with Crippen molar-refractivity contribution in [3.8, 4) is 0 Å². The zero-order valence-corrected chi connectivity index (χ0v) is 11.1. The van der Waals surface area contributed by atoms with E-state index in [9.17, 15) is 9.59 Å². The van der Waals surface area contributed by atoms with Crippen LogP contribution >= 0.6 is 11.6 Å². The van der Waals surface area contributed by atoms with Crippen LogP contribution in [0.4, 0.5) is 11.4 Å². The molecule has 5 N–H and O–H groups in total. The SMILES string of the molecule is NC(=O)c1ccc(N)c(C(=O)Nc2ccc(Cl)cc2)c1. The van der Waals surface area contributed by atoms with Gasteiger partial charge in [0.05, 0.1) is 5.56 Å². The molecule has 0 fully saturated rings. The fraction of sp³-hybridized carbons (Fsp3) is 0. The van der Waals surface area contributed by atoms with Crippen LogP contribution in [0.2, 0.25) is 5.02 Å². The molecule has 0 radical (unpaired) electrons. The third kappa shape index (κ3) is 3.07. The predicted molar refractivity (Wildman–Crippen MR) is 78.8 cm³/mol. The molecule has 0 unspecified atom stereocenters. The molecule has 0 saturated heterocycles. The average Bonchev–Trinajstić information content (AvgIpc) is 2.41. The molecule has 2 aromatic carbocycles. The highest BCUT2D eigenvalue weighted by atomic mass is 35.5. The minimum atomic E-state index is -0.620. The molecule has 6 heteroatoms. The van der Waals surface area contributed by atoms with Crippen LogP contribution in [0.25, 0.3) is 0 Å². The van der Waals surface area contributed by atoms with Gasteiger partial charge in [0.1, 0.15) is 0 Å². The van der Waals surface area contributed by atoms with Crippen molar-refractivity contribution >= 4 is 34.8 Å². The third-order valence-corrected chi connectivity index (χ3v) is 2.94. The van der Waals surface area contributed by atoms with E-state index in [0.29, 0.717) is 10.7 Å². The molecule has 2 aromatic rings. The summed E-state index contributed by atoms with van der Waals surface area (Å²) in [4.78, 5) is 23.2. The van der Waals surface area contributed by atoms with E-state index in [1.807, 2.05) is 0 Å². The predicted octanol–water partition coefficient (Wildman–Crippen LogP) is 2.27. The quantitative estimate of drug-likeness (QED) is 0.756. The molecule has 0 spiro atoms. The van der Waals surface area contributed by atoms with E-state index in [2.05, 4.69) is 5.32 Å². The first-order valence-electron chi connectivity index (χ1n) is 5.73. The first-order valence-corrected chi connectivity index (χ1v) is 6.11. The second kappa shape index (κ2) is 5.63. The fourth-order valence-electron chi connectivity index (χ4n) is 1.64. The van der Waals surface area contributed by atoms with E-state index < -0.39 is 11.8 Å². The Labute approximate surface area is 120 Å². The van der Waals surface area contributed by atoms with Gasteiger partial charge < -0.3 is 16.8 Å². The smallest absolute Gasteiger partial charge is 0.257 e. The van der Waals surface area contributed by atoms with E-state index in [-0.39, 0.29) is 16.8 Å². The lowest BCUT2D eigenvalue weighted by atomic mass is 10.1. The molecule has 5 nitrogen and oxygen atoms in total. The molecular weight excluding hydrogens is 278 g/mol. The first kappa shape index (κ1) is 13.9. The number of halogens is 1. The Hall–Kier alpha value is -2.53. The summed E-state index contributed by atoms with van der Waals surface area (Å²) in [6.45, 7) is 0. The van der Waals surface area contributed by atoms with Crippen molar-refractivity contribution in [3.63, 3.8) is 0 Å². The second-order valence-corrected chi connectivity index (χ2v) is 4.56. The normalized spacial score (nSPS) is 10.1.